The Labute approximate surface area is 195 Å². The van der Waals surface area contributed by atoms with E-state index in [1.807, 2.05) is 26.0 Å². The molecule has 0 fully saturated rings. The number of nitrogens with one attached hydrogen (secondary N) is 1. The van der Waals surface area contributed by atoms with Crippen molar-refractivity contribution in [3.8, 4) is 11.5 Å². The molecule has 34 heavy (non-hydrogen) atoms. The van der Waals surface area contributed by atoms with Crippen LogP contribution >= 0.6 is 0 Å². The summed E-state index contributed by atoms with van der Waals surface area (Å²) < 4.78 is 40.3. The lowest BCUT2D eigenvalue weighted by Gasteiger charge is -2.23. The molecule has 1 amide bonds. The fraction of sp³-hybridized carbons (Fsp3) is 0.240. The minimum absolute atomic E-state index is 0.161. The number of carbonyl (C=O) groups is 1. The van der Waals surface area contributed by atoms with Crippen molar-refractivity contribution in [3.05, 3.63) is 78.4 Å². The van der Waals surface area contributed by atoms with Crippen molar-refractivity contribution in [2.24, 2.45) is 5.92 Å². The number of aromatic nitrogens is 3. The normalized spacial score (nSPS) is 12.1. The van der Waals surface area contributed by atoms with Gasteiger partial charge in [-0.25, -0.2) is 13.8 Å². The first kappa shape index (κ1) is 23.2. The second kappa shape index (κ2) is 9.86. The van der Waals surface area contributed by atoms with Gasteiger partial charge in [-0.05, 0) is 35.7 Å². The molecule has 0 aliphatic carbocycles. The molecule has 0 spiro atoms. The highest BCUT2D eigenvalue weighted by Gasteiger charge is 2.26. The van der Waals surface area contributed by atoms with E-state index in [1.54, 1.807) is 35.2 Å². The maximum atomic E-state index is 13.9. The van der Waals surface area contributed by atoms with Gasteiger partial charge >= 0.3 is 0 Å². The lowest BCUT2D eigenvalue weighted by atomic mass is 10.0. The third-order valence-electron chi connectivity index (χ3n) is 5.39. The number of hydrogen-bond acceptors (Lipinski definition) is 5. The van der Waals surface area contributed by atoms with E-state index >= 15 is 0 Å². The van der Waals surface area contributed by atoms with E-state index in [4.69, 9.17) is 9.47 Å². The predicted molar refractivity (Wildman–Crippen MR) is 124 cm³/mol. The van der Waals surface area contributed by atoms with Gasteiger partial charge in [-0.15, -0.1) is 0 Å². The molecule has 0 saturated carbocycles. The molecule has 0 aliphatic rings. The van der Waals surface area contributed by atoms with Crippen molar-refractivity contribution >= 4 is 22.6 Å². The summed E-state index contributed by atoms with van der Waals surface area (Å²) in [7, 11) is 1.54. The van der Waals surface area contributed by atoms with Crippen LogP contribution in [0.2, 0.25) is 0 Å². The van der Waals surface area contributed by atoms with Crippen LogP contribution in [0.4, 0.5) is 14.5 Å². The summed E-state index contributed by atoms with van der Waals surface area (Å²) in [4.78, 5) is 21.4. The first-order valence-electron chi connectivity index (χ1n) is 10.7. The van der Waals surface area contributed by atoms with Gasteiger partial charge in [-0.2, -0.15) is 0 Å². The Morgan fingerprint density at radius 3 is 2.50 bits per heavy atom. The highest BCUT2D eigenvalue weighted by Crippen LogP contribution is 2.32. The van der Waals surface area contributed by atoms with E-state index in [9.17, 15) is 13.6 Å². The zero-order valence-electron chi connectivity index (χ0n) is 19.0. The molecule has 0 aliphatic heterocycles. The fourth-order valence-corrected chi connectivity index (χ4v) is 3.72. The monoisotopic (exact) mass is 466 g/mol. The summed E-state index contributed by atoms with van der Waals surface area (Å²) >= 11 is 0. The van der Waals surface area contributed by atoms with E-state index in [1.165, 1.54) is 13.4 Å². The Bertz CT molecular complexity index is 1310. The minimum atomic E-state index is -0.997. The van der Waals surface area contributed by atoms with Crippen LogP contribution in [0.25, 0.3) is 11.0 Å². The van der Waals surface area contributed by atoms with E-state index < -0.39 is 17.7 Å². The third-order valence-corrected chi connectivity index (χ3v) is 5.39. The smallest absolute Gasteiger partial charge is 0.247 e. The van der Waals surface area contributed by atoms with Gasteiger partial charge < -0.3 is 19.4 Å². The summed E-state index contributed by atoms with van der Waals surface area (Å²) in [6.07, 6.45) is 4.78. The number of fused-ring (bicyclic) bond motifs is 1. The maximum Gasteiger partial charge on any atom is 0.247 e. The second-order valence-corrected chi connectivity index (χ2v) is 8.09. The summed E-state index contributed by atoms with van der Waals surface area (Å²) in [5, 5.41) is 2.89. The number of hydrogen-bond donors (Lipinski definition) is 1. The van der Waals surface area contributed by atoms with Gasteiger partial charge in [0.05, 0.1) is 24.5 Å². The average Bonchev–Trinajstić information content (AvgIpc) is 3.20. The zero-order valence-corrected chi connectivity index (χ0v) is 19.0. The van der Waals surface area contributed by atoms with E-state index in [0.717, 1.165) is 17.7 Å². The highest BCUT2D eigenvalue weighted by atomic mass is 19.2. The molecule has 176 valence electrons. The lowest BCUT2D eigenvalue weighted by Crippen LogP contribution is -2.29. The largest absolute Gasteiger partial charge is 0.493 e. The molecule has 0 bridgehead atoms. The predicted octanol–water partition coefficient (Wildman–Crippen LogP) is 5.13. The molecule has 0 saturated heterocycles. The number of pyridine rings is 1. The van der Waals surface area contributed by atoms with Crippen molar-refractivity contribution in [2.45, 2.75) is 26.5 Å². The van der Waals surface area contributed by atoms with Crippen LogP contribution in [-0.4, -0.2) is 27.6 Å². The first-order valence-corrected chi connectivity index (χ1v) is 10.7. The number of rotatable bonds is 8. The number of ether oxygens (including phenoxy) is 2. The van der Waals surface area contributed by atoms with Crippen molar-refractivity contribution in [3.63, 3.8) is 0 Å². The number of carbonyl (C=O) groups excluding carboxylic acids is 1. The molecule has 4 aromatic rings. The Balaban J connectivity index is 1.58. The van der Waals surface area contributed by atoms with Crippen molar-refractivity contribution in [2.75, 3.05) is 12.4 Å². The van der Waals surface area contributed by atoms with Crippen LogP contribution in [0.3, 0.4) is 0 Å². The van der Waals surface area contributed by atoms with Gasteiger partial charge in [0.2, 0.25) is 5.91 Å². The van der Waals surface area contributed by atoms with Gasteiger partial charge in [0.25, 0.3) is 0 Å². The van der Waals surface area contributed by atoms with Crippen molar-refractivity contribution in [1.82, 2.24) is 14.5 Å². The summed E-state index contributed by atoms with van der Waals surface area (Å²) in [6, 6.07) is 10.1. The summed E-state index contributed by atoms with van der Waals surface area (Å²) in [5.74, 6) is -1.49. The lowest BCUT2D eigenvalue weighted by molar-refractivity contribution is -0.120. The average molecular weight is 466 g/mol. The highest BCUT2D eigenvalue weighted by molar-refractivity contribution is 5.95. The number of nitrogens with zero attached hydrogens (tertiary/aromatic N) is 3. The standard InChI is InChI=1S/C25H24F2N4O3/c1-15(2)24(31-14-29-20-11-18(26)19(27)12-21(20)31)25(32)30-17-4-5-22(33-3)23(10-17)34-13-16-6-8-28-9-7-16/h4-12,14-15,24H,13H2,1-3H3,(H,30,32). The van der Waals surface area contributed by atoms with Crippen LogP contribution in [0.1, 0.15) is 25.5 Å². The van der Waals surface area contributed by atoms with Crippen LogP contribution in [0.15, 0.2) is 61.2 Å². The molecule has 9 heteroatoms. The summed E-state index contributed by atoms with van der Waals surface area (Å²) in [6.45, 7) is 4.04. The van der Waals surface area contributed by atoms with Crippen molar-refractivity contribution < 1.29 is 23.0 Å². The fourth-order valence-electron chi connectivity index (χ4n) is 3.72. The molecule has 7 nitrogen and oxygen atoms in total. The van der Waals surface area contributed by atoms with Gasteiger partial charge in [0.1, 0.15) is 12.6 Å². The van der Waals surface area contributed by atoms with Gasteiger partial charge in [-0.3, -0.25) is 9.78 Å². The van der Waals surface area contributed by atoms with Crippen LogP contribution in [0.5, 0.6) is 11.5 Å². The van der Waals surface area contributed by atoms with Crippen molar-refractivity contribution in [1.29, 1.82) is 0 Å². The number of methoxy groups -OCH3 is 1. The Morgan fingerprint density at radius 1 is 1.06 bits per heavy atom. The number of halogens is 2. The quantitative estimate of drug-likeness (QED) is 0.389. The topological polar surface area (TPSA) is 78.3 Å². The van der Waals surface area contributed by atoms with Gasteiger partial charge in [0, 0.05) is 36.3 Å². The number of amides is 1. The first-order chi connectivity index (χ1) is 16.4. The maximum absolute atomic E-state index is 13.9. The van der Waals surface area contributed by atoms with Crippen LogP contribution in [0, 0.1) is 17.6 Å². The second-order valence-electron chi connectivity index (χ2n) is 8.09. The molecule has 1 N–H and O–H groups in total. The van der Waals surface area contributed by atoms with Gasteiger partial charge in [0.15, 0.2) is 23.1 Å². The molecular formula is C25H24F2N4O3. The zero-order chi connectivity index (χ0) is 24.2. The molecule has 0 radical (unpaired) electrons. The minimum Gasteiger partial charge on any atom is -0.493 e. The SMILES string of the molecule is COc1ccc(NC(=O)C(C(C)C)n2cnc3cc(F)c(F)cc32)cc1OCc1ccncc1. The number of benzene rings is 2. The Hall–Kier alpha value is -4.01. The van der Waals surface area contributed by atoms with Crippen LogP contribution in [-0.2, 0) is 11.4 Å². The molecule has 4 rings (SSSR count). The molecule has 2 aromatic heterocycles. The van der Waals surface area contributed by atoms with Crippen LogP contribution < -0.4 is 14.8 Å². The number of imidazole rings is 1. The molecule has 2 aromatic carbocycles. The molecule has 1 unspecified atom stereocenters. The third kappa shape index (κ3) is 4.83. The molecule has 2 heterocycles. The van der Waals surface area contributed by atoms with E-state index in [2.05, 4.69) is 15.3 Å². The van der Waals surface area contributed by atoms with E-state index in [0.29, 0.717) is 29.3 Å². The number of anilines is 1. The Morgan fingerprint density at radius 2 is 1.79 bits per heavy atom. The van der Waals surface area contributed by atoms with E-state index in [-0.39, 0.29) is 17.3 Å². The van der Waals surface area contributed by atoms with Gasteiger partial charge in [-0.1, -0.05) is 13.8 Å². The molecular weight excluding hydrogens is 442 g/mol. The Kier molecular flexibility index (Phi) is 6.72. The molecule has 1 atom stereocenters. The summed E-state index contributed by atoms with van der Waals surface area (Å²) in [5.41, 5.74) is 2.04.